The number of aliphatic hydroxyl groups excluding tert-OH is 1. The van der Waals surface area contributed by atoms with Gasteiger partial charge in [0.2, 0.25) is 0 Å². The summed E-state index contributed by atoms with van der Waals surface area (Å²) in [6, 6.07) is 5.89. The van der Waals surface area contributed by atoms with E-state index in [-0.39, 0.29) is 12.1 Å². The number of ether oxygens (including phenoxy) is 3. The zero-order valence-electron chi connectivity index (χ0n) is 11.6. The standard InChI is InChI=1S/C14H21NO4/c1-9(15-11-7-19-8-12(11)16)10-4-5-13(17-2)14(6-10)18-3/h4-6,9,11-12,15-16H,7-8H2,1-3H3. The van der Waals surface area contributed by atoms with Crippen molar-refractivity contribution in [2.75, 3.05) is 27.4 Å². The molecule has 106 valence electrons. The molecular weight excluding hydrogens is 246 g/mol. The SMILES string of the molecule is COc1ccc(C(C)NC2COCC2O)cc1OC. The van der Waals surface area contributed by atoms with Gasteiger partial charge in [-0.3, -0.25) is 0 Å². The summed E-state index contributed by atoms with van der Waals surface area (Å²) < 4.78 is 15.7. The Morgan fingerprint density at radius 1 is 1.26 bits per heavy atom. The van der Waals surface area contributed by atoms with Gasteiger partial charge < -0.3 is 24.6 Å². The van der Waals surface area contributed by atoms with Crippen LogP contribution in [0.25, 0.3) is 0 Å². The predicted octanol–water partition coefficient (Wildman–Crippen LogP) is 1.11. The molecule has 1 aromatic rings. The van der Waals surface area contributed by atoms with Crippen molar-refractivity contribution in [3.63, 3.8) is 0 Å². The van der Waals surface area contributed by atoms with E-state index in [0.29, 0.717) is 24.7 Å². The first-order chi connectivity index (χ1) is 9.15. The van der Waals surface area contributed by atoms with Gasteiger partial charge >= 0.3 is 0 Å². The minimum atomic E-state index is -0.442. The molecule has 1 aromatic carbocycles. The van der Waals surface area contributed by atoms with Crippen molar-refractivity contribution in [1.82, 2.24) is 5.32 Å². The molecule has 1 aliphatic rings. The molecule has 3 unspecified atom stereocenters. The highest BCUT2D eigenvalue weighted by atomic mass is 16.5. The first-order valence-electron chi connectivity index (χ1n) is 6.39. The smallest absolute Gasteiger partial charge is 0.161 e. The highest BCUT2D eigenvalue weighted by molar-refractivity contribution is 5.43. The monoisotopic (exact) mass is 267 g/mol. The maximum Gasteiger partial charge on any atom is 0.161 e. The number of rotatable bonds is 5. The summed E-state index contributed by atoms with van der Waals surface area (Å²) >= 11 is 0. The van der Waals surface area contributed by atoms with Gasteiger partial charge in [0.25, 0.3) is 0 Å². The summed E-state index contributed by atoms with van der Waals surface area (Å²) in [7, 11) is 3.24. The molecule has 0 radical (unpaired) electrons. The van der Waals surface area contributed by atoms with Crippen LogP contribution in [0.15, 0.2) is 18.2 Å². The minimum Gasteiger partial charge on any atom is -0.493 e. The van der Waals surface area contributed by atoms with Crippen molar-refractivity contribution in [2.45, 2.75) is 25.1 Å². The molecule has 5 heteroatoms. The molecular formula is C14H21NO4. The van der Waals surface area contributed by atoms with E-state index in [2.05, 4.69) is 5.32 Å². The molecule has 0 bridgehead atoms. The van der Waals surface area contributed by atoms with Crippen molar-refractivity contribution in [2.24, 2.45) is 0 Å². The molecule has 19 heavy (non-hydrogen) atoms. The molecule has 3 atom stereocenters. The second-order valence-corrected chi connectivity index (χ2v) is 4.71. The van der Waals surface area contributed by atoms with Crippen molar-refractivity contribution < 1.29 is 19.3 Å². The van der Waals surface area contributed by atoms with E-state index in [4.69, 9.17) is 14.2 Å². The van der Waals surface area contributed by atoms with Crippen LogP contribution in [0.1, 0.15) is 18.5 Å². The molecule has 1 fully saturated rings. The normalized spacial score (nSPS) is 24.2. The average molecular weight is 267 g/mol. The molecule has 5 nitrogen and oxygen atoms in total. The lowest BCUT2D eigenvalue weighted by atomic mass is 10.1. The van der Waals surface area contributed by atoms with Crippen LogP contribution in [-0.2, 0) is 4.74 Å². The molecule has 0 aliphatic carbocycles. The zero-order valence-corrected chi connectivity index (χ0v) is 11.6. The molecule has 0 amide bonds. The van der Waals surface area contributed by atoms with Crippen LogP contribution in [0.2, 0.25) is 0 Å². The van der Waals surface area contributed by atoms with E-state index >= 15 is 0 Å². The molecule has 0 aromatic heterocycles. The van der Waals surface area contributed by atoms with Gasteiger partial charge in [-0.1, -0.05) is 6.07 Å². The summed E-state index contributed by atoms with van der Waals surface area (Å²) in [6.45, 7) is 2.99. The van der Waals surface area contributed by atoms with E-state index in [9.17, 15) is 5.11 Å². The Balaban J connectivity index is 2.08. The minimum absolute atomic E-state index is 0.0249. The second-order valence-electron chi connectivity index (χ2n) is 4.71. The van der Waals surface area contributed by atoms with Gasteiger partial charge in [0, 0.05) is 6.04 Å². The molecule has 0 spiro atoms. The summed E-state index contributed by atoms with van der Waals surface area (Å²) in [4.78, 5) is 0. The zero-order chi connectivity index (χ0) is 13.8. The number of hydrogen-bond acceptors (Lipinski definition) is 5. The van der Waals surface area contributed by atoms with Crippen LogP contribution < -0.4 is 14.8 Å². The van der Waals surface area contributed by atoms with Gasteiger partial charge in [0.15, 0.2) is 11.5 Å². The Kier molecular flexibility index (Phi) is 4.63. The number of methoxy groups -OCH3 is 2. The van der Waals surface area contributed by atoms with Crippen LogP contribution in [0, 0.1) is 0 Å². The lowest BCUT2D eigenvalue weighted by Crippen LogP contribution is -2.40. The van der Waals surface area contributed by atoms with E-state index in [1.165, 1.54) is 0 Å². The number of nitrogens with one attached hydrogen (secondary N) is 1. The Hall–Kier alpha value is -1.30. The van der Waals surface area contributed by atoms with E-state index in [0.717, 1.165) is 5.56 Å². The average Bonchev–Trinajstić information content (AvgIpc) is 2.83. The highest BCUT2D eigenvalue weighted by Crippen LogP contribution is 2.30. The Morgan fingerprint density at radius 2 is 2.00 bits per heavy atom. The molecule has 2 rings (SSSR count). The van der Waals surface area contributed by atoms with Gasteiger partial charge in [-0.2, -0.15) is 0 Å². The van der Waals surface area contributed by atoms with Crippen LogP contribution >= 0.6 is 0 Å². The summed E-state index contributed by atoms with van der Waals surface area (Å²) in [5.41, 5.74) is 1.08. The maximum atomic E-state index is 9.74. The van der Waals surface area contributed by atoms with Crippen molar-refractivity contribution in [3.8, 4) is 11.5 Å². The second kappa shape index (κ2) is 6.23. The number of aliphatic hydroxyl groups is 1. The Bertz CT molecular complexity index is 424. The first-order valence-corrected chi connectivity index (χ1v) is 6.39. The largest absolute Gasteiger partial charge is 0.493 e. The summed E-state index contributed by atoms with van der Waals surface area (Å²) in [6.07, 6.45) is -0.442. The summed E-state index contributed by atoms with van der Waals surface area (Å²) in [5.74, 6) is 1.42. The van der Waals surface area contributed by atoms with E-state index in [1.54, 1.807) is 14.2 Å². The summed E-state index contributed by atoms with van der Waals surface area (Å²) in [5, 5.41) is 13.1. The van der Waals surface area contributed by atoms with E-state index < -0.39 is 6.10 Å². The third kappa shape index (κ3) is 3.18. The predicted molar refractivity (Wildman–Crippen MR) is 71.7 cm³/mol. The van der Waals surface area contributed by atoms with Gasteiger partial charge in [-0.15, -0.1) is 0 Å². The third-order valence-corrected chi connectivity index (χ3v) is 3.42. The van der Waals surface area contributed by atoms with Crippen LogP contribution in [0.4, 0.5) is 0 Å². The molecule has 1 aliphatic heterocycles. The number of hydrogen-bond donors (Lipinski definition) is 2. The van der Waals surface area contributed by atoms with Gasteiger partial charge in [-0.25, -0.2) is 0 Å². The fourth-order valence-electron chi connectivity index (χ4n) is 2.24. The van der Waals surface area contributed by atoms with Gasteiger partial charge in [0.1, 0.15) is 0 Å². The van der Waals surface area contributed by atoms with Crippen LogP contribution in [0.3, 0.4) is 0 Å². The van der Waals surface area contributed by atoms with Crippen molar-refractivity contribution in [3.05, 3.63) is 23.8 Å². The topological polar surface area (TPSA) is 60.0 Å². The Labute approximate surface area is 113 Å². The quantitative estimate of drug-likeness (QED) is 0.837. The van der Waals surface area contributed by atoms with Crippen molar-refractivity contribution in [1.29, 1.82) is 0 Å². The highest BCUT2D eigenvalue weighted by Gasteiger charge is 2.27. The fourth-order valence-corrected chi connectivity index (χ4v) is 2.24. The molecule has 2 N–H and O–H groups in total. The van der Waals surface area contributed by atoms with Gasteiger partial charge in [0.05, 0.1) is 39.6 Å². The molecule has 0 saturated carbocycles. The van der Waals surface area contributed by atoms with Crippen LogP contribution in [0.5, 0.6) is 11.5 Å². The molecule has 1 saturated heterocycles. The van der Waals surface area contributed by atoms with Crippen molar-refractivity contribution >= 4 is 0 Å². The lowest BCUT2D eigenvalue weighted by Gasteiger charge is -2.21. The fraction of sp³-hybridized carbons (Fsp3) is 0.571. The van der Waals surface area contributed by atoms with Crippen LogP contribution in [-0.4, -0.2) is 44.7 Å². The van der Waals surface area contributed by atoms with E-state index in [1.807, 2.05) is 25.1 Å². The molecule has 1 heterocycles. The Morgan fingerprint density at radius 3 is 2.58 bits per heavy atom. The maximum absolute atomic E-state index is 9.74. The first kappa shape index (κ1) is 14.1. The number of benzene rings is 1. The lowest BCUT2D eigenvalue weighted by molar-refractivity contribution is 0.121. The van der Waals surface area contributed by atoms with Gasteiger partial charge in [-0.05, 0) is 24.6 Å². The third-order valence-electron chi connectivity index (χ3n) is 3.42.